The van der Waals surface area contributed by atoms with Crippen molar-refractivity contribution < 1.29 is 24.0 Å². The molecule has 0 unspecified atom stereocenters. The van der Waals surface area contributed by atoms with E-state index in [4.69, 9.17) is 9.47 Å². The van der Waals surface area contributed by atoms with Crippen molar-refractivity contribution in [2.24, 2.45) is 0 Å². The van der Waals surface area contributed by atoms with Crippen molar-refractivity contribution in [2.45, 2.75) is 24.2 Å². The highest BCUT2D eigenvalue weighted by Gasteiger charge is 2.27. The Morgan fingerprint density at radius 3 is 2.72 bits per heavy atom. The molecular formula is C20H16BrNO6S. The van der Waals surface area contributed by atoms with Gasteiger partial charge in [-0.15, -0.1) is 0 Å². The third-order valence-electron chi connectivity index (χ3n) is 3.98. The van der Waals surface area contributed by atoms with Crippen molar-refractivity contribution in [3.05, 3.63) is 73.8 Å². The van der Waals surface area contributed by atoms with E-state index in [9.17, 15) is 19.7 Å². The maximum atomic E-state index is 12.4. The van der Waals surface area contributed by atoms with Gasteiger partial charge in [-0.1, -0.05) is 45.9 Å². The van der Waals surface area contributed by atoms with Crippen molar-refractivity contribution in [3.63, 3.8) is 0 Å². The summed E-state index contributed by atoms with van der Waals surface area (Å²) in [5.74, 6) is -0.114. The summed E-state index contributed by atoms with van der Waals surface area (Å²) in [5.41, 5.74) is -0.105. The summed E-state index contributed by atoms with van der Waals surface area (Å²) in [6, 6.07) is 13.2. The molecule has 0 heterocycles. The molecule has 1 aliphatic rings. The molecule has 0 atom stereocenters. The van der Waals surface area contributed by atoms with E-state index in [0.717, 1.165) is 16.2 Å². The van der Waals surface area contributed by atoms with Crippen LogP contribution in [0.25, 0.3) is 0 Å². The Morgan fingerprint density at radius 1 is 1.17 bits per heavy atom. The lowest BCUT2D eigenvalue weighted by Gasteiger charge is -2.18. The Morgan fingerprint density at radius 2 is 1.97 bits per heavy atom. The number of carbonyl (C=O) groups is 2. The minimum Gasteiger partial charge on any atom is -0.482 e. The van der Waals surface area contributed by atoms with Crippen molar-refractivity contribution >= 4 is 45.1 Å². The molecule has 2 aromatic rings. The summed E-state index contributed by atoms with van der Waals surface area (Å²) in [6.07, 6.45) is 1.25. The van der Waals surface area contributed by atoms with E-state index in [1.165, 1.54) is 6.07 Å². The number of ether oxygens (including phenoxy) is 2. The summed E-state index contributed by atoms with van der Waals surface area (Å²) < 4.78 is 11.6. The fourth-order valence-electron chi connectivity index (χ4n) is 2.67. The summed E-state index contributed by atoms with van der Waals surface area (Å²) >= 11 is 4.28. The van der Waals surface area contributed by atoms with Gasteiger partial charge in [0.2, 0.25) is 0 Å². The Balaban J connectivity index is 1.75. The number of rotatable bonds is 7. The Hall–Kier alpha value is -2.65. The van der Waals surface area contributed by atoms with Crippen molar-refractivity contribution in [2.75, 3.05) is 6.61 Å². The number of ketones is 1. The van der Waals surface area contributed by atoms with Gasteiger partial charge in [-0.25, -0.2) is 4.79 Å². The molecule has 0 aromatic heterocycles. The van der Waals surface area contributed by atoms with Crippen LogP contribution in [0.5, 0.6) is 5.75 Å². The van der Waals surface area contributed by atoms with Crippen LogP contribution in [0.4, 0.5) is 5.69 Å². The lowest BCUT2D eigenvalue weighted by atomic mass is 10.0. The number of thioether (sulfide) groups is 1. The molecule has 0 N–H and O–H groups in total. The number of halogens is 1. The quantitative estimate of drug-likeness (QED) is 0.313. The number of carbonyl (C=O) groups excluding carboxylic acids is 2. The molecule has 0 radical (unpaired) electrons. The molecule has 1 aliphatic carbocycles. The van der Waals surface area contributed by atoms with E-state index in [1.807, 2.05) is 6.07 Å². The van der Waals surface area contributed by atoms with Crippen LogP contribution < -0.4 is 4.74 Å². The number of esters is 1. The molecule has 0 saturated heterocycles. The van der Waals surface area contributed by atoms with E-state index >= 15 is 0 Å². The fraction of sp³-hybridized carbons (Fsp3) is 0.200. The first kappa shape index (κ1) is 21.1. The Bertz CT molecular complexity index is 990. The highest BCUT2D eigenvalue weighted by molar-refractivity contribution is 9.10. The van der Waals surface area contributed by atoms with Crippen LogP contribution in [-0.2, 0) is 14.3 Å². The number of allylic oxidation sites excluding steroid dienone is 2. The van der Waals surface area contributed by atoms with Gasteiger partial charge in [0.1, 0.15) is 11.5 Å². The maximum absolute atomic E-state index is 12.4. The predicted molar refractivity (Wildman–Crippen MR) is 111 cm³/mol. The van der Waals surface area contributed by atoms with Crippen LogP contribution in [0, 0.1) is 10.1 Å². The van der Waals surface area contributed by atoms with Crippen molar-refractivity contribution in [3.8, 4) is 5.75 Å². The van der Waals surface area contributed by atoms with Gasteiger partial charge >= 0.3 is 5.97 Å². The largest absolute Gasteiger partial charge is 0.482 e. The maximum Gasteiger partial charge on any atom is 0.349 e. The van der Waals surface area contributed by atoms with Gasteiger partial charge in [0.15, 0.2) is 12.4 Å². The molecule has 0 bridgehead atoms. The highest BCUT2D eigenvalue weighted by Crippen LogP contribution is 2.39. The molecular weight excluding hydrogens is 462 g/mol. The molecule has 150 valence electrons. The van der Waals surface area contributed by atoms with Crippen LogP contribution in [0.1, 0.15) is 19.3 Å². The molecule has 9 heteroatoms. The van der Waals surface area contributed by atoms with E-state index < -0.39 is 10.9 Å². The monoisotopic (exact) mass is 477 g/mol. The van der Waals surface area contributed by atoms with Gasteiger partial charge in [0, 0.05) is 23.4 Å². The highest BCUT2D eigenvalue weighted by atomic mass is 79.9. The van der Waals surface area contributed by atoms with Gasteiger partial charge in [-0.3, -0.25) is 14.9 Å². The zero-order valence-corrected chi connectivity index (χ0v) is 17.5. The van der Waals surface area contributed by atoms with Crippen LogP contribution in [0.2, 0.25) is 0 Å². The number of Topliss-reactive ketones (excluding diaryl/α,β-unsaturated/α-hetero) is 1. The lowest BCUT2D eigenvalue weighted by molar-refractivity contribution is -0.387. The summed E-state index contributed by atoms with van der Waals surface area (Å²) in [7, 11) is 0. The number of nitrogens with zero attached hydrogens (tertiary/aromatic N) is 1. The third kappa shape index (κ3) is 5.68. The van der Waals surface area contributed by atoms with E-state index in [0.29, 0.717) is 29.9 Å². The zero-order valence-electron chi connectivity index (χ0n) is 15.1. The van der Waals surface area contributed by atoms with Crippen molar-refractivity contribution in [1.29, 1.82) is 0 Å². The van der Waals surface area contributed by atoms with Gasteiger partial charge in [0.05, 0.1) is 14.7 Å². The van der Waals surface area contributed by atoms with E-state index in [-0.39, 0.29) is 28.7 Å². The van der Waals surface area contributed by atoms with Crippen LogP contribution in [0.15, 0.2) is 68.6 Å². The normalized spacial score (nSPS) is 13.9. The van der Waals surface area contributed by atoms with Crippen LogP contribution >= 0.6 is 27.7 Å². The van der Waals surface area contributed by atoms with Gasteiger partial charge in [-0.05, 0) is 30.7 Å². The SMILES string of the molecule is O=C(COc1cccc(Br)c1)OC1=C(Sc2ccccc2[N+](=O)[O-])C(=O)CCC1. The first-order valence-electron chi connectivity index (χ1n) is 8.70. The minimum atomic E-state index is -0.643. The first-order chi connectivity index (χ1) is 13.9. The van der Waals surface area contributed by atoms with Crippen molar-refractivity contribution in [1.82, 2.24) is 0 Å². The summed E-state index contributed by atoms with van der Waals surface area (Å²) in [6.45, 7) is -0.322. The second-order valence-corrected chi connectivity index (χ2v) is 8.04. The Labute approximate surface area is 179 Å². The fourth-order valence-corrected chi connectivity index (χ4v) is 4.14. The first-order valence-corrected chi connectivity index (χ1v) is 10.3. The summed E-state index contributed by atoms with van der Waals surface area (Å²) in [5, 5.41) is 11.2. The predicted octanol–water partition coefficient (Wildman–Crippen LogP) is 5.04. The smallest absolute Gasteiger partial charge is 0.349 e. The molecule has 3 rings (SSSR count). The van der Waals surface area contributed by atoms with Gasteiger partial charge in [0.25, 0.3) is 5.69 Å². The topological polar surface area (TPSA) is 95.7 Å². The van der Waals surface area contributed by atoms with E-state index in [1.54, 1.807) is 36.4 Å². The standard InChI is InChI=1S/C20H16BrNO6S/c21-13-5-3-6-14(11-13)27-12-19(24)28-17-9-4-8-16(23)20(17)29-18-10-2-1-7-15(18)22(25)26/h1-3,5-7,10-11H,4,8-9,12H2. The molecule has 0 saturated carbocycles. The molecule has 0 aliphatic heterocycles. The van der Waals surface area contributed by atoms with Gasteiger partial charge < -0.3 is 9.47 Å². The lowest BCUT2D eigenvalue weighted by Crippen LogP contribution is -2.19. The van der Waals surface area contributed by atoms with E-state index in [2.05, 4.69) is 15.9 Å². The number of benzene rings is 2. The molecule has 7 nitrogen and oxygen atoms in total. The number of para-hydroxylation sites is 1. The molecule has 0 fully saturated rings. The number of nitro benzene ring substituents is 1. The number of nitro groups is 1. The Kier molecular flexibility index (Phi) is 7.05. The minimum absolute atomic E-state index is 0.105. The molecule has 0 amide bonds. The zero-order chi connectivity index (χ0) is 20.8. The van der Waals surface area contributed by atoms with Gasteiger partial charge in [-0.2, -0.15) is 0 Å². The molecule has 0 spiro atoms. The van der Waals surface area contributed by atoms with Crippen LogP contribution in [-0.4, -0.2) is 23.3 Å². The number of hydrogen-bond donors (Lipinski definition) is 0. The van der Waals surface area contributed by atoms with Crippen LogP contribution in [0.3, 0.4) is 0 Å². The molecule has 2 aromatic carbocycles. The second-order valence-electron chi connectivity index (χ2n) is 6.08. The average molecular weight is 478 g/mol. The summed E-state index contributed by atoms with van der Waals surface area (Å²) in [4.78, 5) is 35.9. The third-order valence-corrected chi connectivity index (χ3v) is 5.70. The molecule has 29 heavy (non-hydrogen) atoms. The number of hydrogen-bond acceptors (Lipinski definition) is 7. The second kappa shape index (κ2) is 9.71. The average Bonchev–Trinajstić information content (AvgIpc) is 2.69.